The molecule has 0 spiro atoms. The maximum Gasteiger partial charge on any atom is 0.160 e. The van der Waals surface area contributed by atoms with Crippen molar-refractivity contribution in [1.29, 1.82) is 0 Å². The van der Waals surface area contributed by atoms with Crippen molar-refractivity contribution in [2.24, 2.45) is 0 Å². The number of hydrogen-bond acceptors (Lipinski definition) is 3. The van der Waals surface area contributed by atoms with E-state index in [1.807, 2.05) is 22.9 Å². The number of morpholine rings is 1. The van der Waals surface area contributed by atoms with Crippen LogP contribution >= 0.6 is 11.6 Å². The van der Waals surface area contributed by atoms with Gasteiger partial charge < -0.3 is 14.0 Å². The summed E-state index contributed by atoms with van der Waals surface area (Å²) in [6, 6.07) is 1.97. The van der Waals surface area contributed by atoms with E-state index in [4.69, 9.17) is 16.3 Å². The Morgan fingerprint density at radius 2 is 2.12 bits per heavy atom. The normalized spacial score (nSPS) is 16.9. The smallest absolute Gasteiger partial charge is 0.160 e. The van der Waals surface area contributed by atoms with Gasteiger partial charge >= 0.3 is 0 Å². The van der Waals surface area contributed by atoms with Crippen LogP contribution in [0.1, 0.15) is 0 Å². The van der Waals surface area contributed by atoms with Gasteiger partial charge in [-0.05, 0) is 6.07 Å². The molecule has 1 fully saturated rings. The number of aromatic nitrogens is 2. The van der Waals surface area contributed by atoms with Crippen LogP contribution in [-0.4, -0.2) is 35.7 Å². The van der Waals surface area contributed by atoms with Crippen molar-refractivity contribution in [2.45, 2.75) is 0 Å². The van der Waals surface area contributed by atoms with Crippen molar-refractivity contribution in [3.8, 4) is 0 Å². The molecule has 0 aromatic carbocycles. The van der Waals surface area contributed by atoms with E-state index in [2.05, 4.69) is 9.88 Å². The first-order valence-corrected chi connectivity index (χ1v) is 5.67. The molecule has 16 heavy (non-hydrogen) atoms. The number of imidazole rings is 1. The summed E-state index contributed by atoms with van der Waals surface area (Å²) in [5, 5.41) is 0.729. The van der Waals surface area contributed by atoms with Gasteiger partial charge in [-0.15, -0.1) is 0 Å². The summed E-state index contributed by atoms with van der Waals surface area (Å²) in [4.78, 5) is 6.62. The van der Waals surface area contributed by atoms with E-state index in [1.165, 1.54) is 0 Å². The summed E-state index contributed by atoms with van der Waals surface area (Å²) < 4.78 is 7.29. The van der Waals surface area contributed by atoms with Crippen LogP contribution in [0.15, 0.2) is 24.7 Å². The fraction of sp³-hybridized carbons (Fsp3) is 0.364. The van der Waals surface area contributed by atoms with Crippen LogP contribution < -0.4 is 4.90 Å². The predicted molar refractivity (Wildman–Crippen MR) is 63.2 cm³/mol. The van der Waals surface area contributed by atoms with Crippen LogP contribution in [0.5, 0.6) is 0 Å². The topological polar surface area (TPSA) is 29.8 Å². The molecule has 0 saturated carbocycles. The summed E-state index contributed by atoms with van der Waals surface area (Å²) in [6.07, 6.45) is 5.56. The fourth-order valence-electron chi connectivity index (χ4n) is 2.02. The molecule has 1 saturated heterocycles. The number of pyridine rings is 1. The fourth-order valence-corrected chi connectivity index (χ4v) is 2.23. The van der Waals surface area contributed by atoms with Gasteiger partial charge in [-0.2, -0.15) is 0 Å². The minimum absolute atomic E-state index is 0.729. The summed E-state index contributed by atoms with van der Waals surface area (Å²) in [5.74, 6) is 0. The molecular weight excluding hydrogens is 226 g/mol. The van der Waals surface area contributed by atoms with E-state index in [1.54, 1.807) is 6.20 Å². The molecule has 0 unspecified atom stereocenters. The molecule has 0 aliphatic carbocycles. The molecule has 0 radical (unpaired) electrons. The van der Waals surface area contributed by atoms with Gasteiger partial charge in [0.2, 0.25) is 0 Å². The number of nitrogens with zero attached hydrogens (tertiary/aromatic N) is 3. The average molecular weight is 238 g/mol. The molecule has 5 heteroatoms. The van der Waals surface area contributed by atoms with E-state index in [0.717, 1.165) is 42.7 Å². The standard InChI is InChI=1S/C11H12ClN3O/c12-9-7-10(14-3-5-16-6-4-14)11-13-1-2-15(11)8-9/h1-2,7-8H,3-6H2. The molecule has 0 atom stereocenters. The average Bonchev–Trinajstić information content (AvgIpc) is 2.77. The molecule has 3 rings (SSSR count). The Morgan fingerprint density at radius 3 is 2.94 bits per heavy atom. The van der Waals surface area contributed by atoms with Gasteiger partial charge in [-0.1, -0.05) is 11.6 Å². The predicted octanol–water partition coefficient (Wildman–Crippen LogP) is 1.82. The SMILES string of the molecule is Clc1cc(N2CCOCC2)c2nccn2c1. The maximum atomic E-state index is 6.09. The molecule has 0 bridgehead atoms. The lowest BCUT2D eigenvalue weighted by atomic mass is 10.3. The second-order valence-corrected chi connectivity index (χ2v) is 4.24. The van der Waals surface area contributed by atoms with Crippen LogP contribution in [0.4, 0.5) is 5.69 Å². The molecule has 1 aliphatic rings. The van der Waals surface area contributed by atoms with Crippen molar-refractivity contribution in [3.05, 3.63) is 29.7 Å². The molecule has 1 aliphatic heterocycles. The molecule has 2 aromatic rings. The zero-order valence-corrected chi connectivity index (χ0v) is 9.52. The van der Waals surface area contributed by atoms with Crippen LogP contribution in [0.2, 0.25) is 5.02 Å². The second kappa shape index (κ2) is 3.96. The zero-order valence-electron chi connectivity index (χ0n) is 8.77. The lowest BCUT2D eigenvalue weighted by molar-refractivity contribution is 0.123. The van der Waals surface area contributed by atoms with Gasteiger partial charge in [0.25, 0.3) is 0 Å². The minimum Gasteiger partial charge on any atom is -0.378 e. The quantitative estimate of drug-likeness (QED) is 0.758. The Labute approximate surface area is 98.4 Å². The summed E-state index contributed by atoms with van der Waals surface area (Å²) in [7, 11) is 0. The van der Waals surface area contributed by atoms with Crippen LogP contribution in [0, 0.1) is 0 Å². The van der Waals surface area contributed by atoms with E-state index in [-0.39, 0.29) is 0 Å². The number of fused-ring (bicyclic) bond motifs is 1. The summed E-state index contributed by atoms with van der Waals surface area (Å²) in [6.45, 7) is 3.31. The molecule has 84 valence electrons. The van der Waals surface area contributed by atoms with E-state index < -0.39 is 0 Å². The largest absolute Gasteiger partial charge is 0.378 e. The number of ether oxygens (including phenoxy) is 1. The third-order valence-corrected chi connectivity index (χ3v) is 2.99. The van der Waals surface area contributed by atoms with Crippen molar-refractivity contribution in [1.82, 2.24) is 9.38 Å². The molecule has 3 heterocycles. The van der Waals surface area contributed by atoms with Crippen molar-refractivity contribution >= 4 is 22.9 Å². The molecule has 0 amide bonds. The summed E-state index contributed by atoms with van der Waals surface area (Å²) in [5.41, 5.74) is 2.03. The minimum atomic E-state index is 0.729. The number of anilines is 1. The Bertz CT molecular complexity index is 505. The highest BCUT2D eigenvalue weighted by Crippen LogP contribution is 2.25. The summed E-state index contributed by atoms with van der Waals surface area (Å²) >= 11 is 6.09. The highest BCUT2D eigenvalue weighted by Gasteiger charge is 2.15. The first kappa shape index (κ1) is 9.93. The molecule has 0 N–H and O–H groups in total. The highest BCUT2D eigenvalue weighted by molar-refractivity contribution is 6.30. The van der Waals surface area contributed by atoms with E-state index in [9.17, 15) is 0 Å². The van der Waals surface area contributed by atoms with E-state index >= 15 is 0 Å². The van der Waals surface area contributed by atoms with E-state index in [0.29, 0.717) is 0 Å². The Morgan fingerprint density at radius 1 is 1.31 bits per heavy atom. The van der Waals surface area contributed by atoms with Gasteiger partial charge in [-0.25, -0.2) is 4.98 Å². The second-order valence-electron chi connectivity index (χ2n) is 3.80. The first-order valence-electron chi connectivity index (χ1n) is 5.29. The monoisotopic (exact) mass is 237 g/mol. The lowest BCUT2D eigenvalue weighted by Gasteiger charge is -2.29. The van der Waals surface area contributed by atoms with Crippen molar-refractivity contribution < 1.29 is 4.74 Å². The van der Waals surface area contributed by atoms with Crippen LogP contribution in [0.3, 0.4) is 0 Å². The number of rotatable bonds is 1. The Kier molecular flexibility index (Phi) is 2.46. The Balaban J connectivity index is 2.09. The van der Waals surface area contributed by atoms with Crippen LogP contribution in [-0.2, 0) is 4.74 Å². The lowest BCUT2D eigenvalue weighted by Crippen LogP contribution is -2.36. The van der Waals surface area contributed by atoms with Gasteiger partial charge in [0.05, 0.1) is 23.9 Å². The van der Waals surface area contributed by atoms with Crippen LogP contribution in [0.25, 0.3) is 5.65 Å². The molecule has 2 aromatic heterocycles. The van der Waals surface area contributed by atoms with Crippen molar-refractivity contribution in [2.75, 3.05) is 31.2 Å². The van der Waals surface area contributed by atoms with Gasteiger partial charge in [0.1, 0.15) is 0 Å². The molecule has 4 nitrogen and oxygen atoms in total. The third kappa shape index (κ3) is 1.64. The molecular formula is C11H12ClN3O. The van der Waals surface area contributed by atoms with Crippen molar-refractivity contribution in [3.63, 3.8) is 0 Å². The third-order valence-electron chi connectivity index (χ3n) is 2.79. The number of halogens is 1. The first-order chi connectivity index (χ1) is 7.84. The van der Waals surface area contributed by atoms with Gasteiger partial charge in [0, 0.05) is 31.7 Å². The highest BCUT2D eigenvalue weighted by atomic mass is 35.5. The Hall–Kier alpha value is -1.26. The van der Waals surface area contributed by atoms with Gasteiger partial charge in [-0.3, -0.25) is 0 Å². The number of hydrogen-bond donors (Lipinski definition) is 0. The van der Waals surface area contributed by atoms with Gasteiger partial charge in [0.15, 0.2) is 5.65 Å². The zero-order chi connectivity index (χ0) is 11.0. The maximum absolute atomic E-state index is 6.09.